The number of aliphatic hydroxyl groups excluding tert-OH is 2. The normalized spacial score (nSPS) is 34.7. The van der Waals surface area contributed by atoms with Gasteiger partial charge in [-0.2, -0.15) is 0 Å². The number of ether oxygens (including phenoxy) is 1. The van der Waals surface area contributed by atoms with Crippen LogP contribution in [0, 0.1) is 36.0 Å². The van der Waals surface area contributed by atoms with Crippen LogP contribution in [0.25, 0.3) is 0 Å². The quantitative estimate of drug-likeness (QED) is 0.278. The van der Waals surface area contributed by atoms with Gasteiger partial charge in [0.2, 0.25) is 5.89 Å². The summed E-state index contributed by atoms with van der Waals surface area (Å²) in [5, 5.41) is 20.5. The van der Waals surface area contributed by atoms with Crippen LogP contribution in [-0.2, 0) is 14.9 Å². The molecule has 1 heterocycles. The molecule has 6 nitrogen and oxygen atoms in total. The zero-order valence-corrected chi connectivity index (χ0v) is 26.5. The van der Waals surface area contributed by atoms with Crippen molar-refractivity contribution in [3.8, 4) is 0 Å². The number of rotatable bonds is 10. The maximum Gasteiger partial charge on any atom is 0.308 e. The van der Waals surface area contributed by atoms with Gasteiger partial charge in [0.15, 0.2) is 0 Å². The van der Waals surface area contributed by atoms with Crippen LogP contribution in [0.3, 0.4) is 0 Å². The maximum absolute atomic E-state index is 13.0. The van der Waals surface area contributed by atoms with E-state index in [9.17, 15) is 15.0 Å². The molecule has 6 heteroatoms. The maximum atomic E-state index is 13.0. The summed E-state index contributed by atoms with van der Waals surface area (Å²) in [6.07, 6.45) is 16.2. The molecule has 5 rings (SSSR count). The van der Waals surface area contributed by atoms with E-state index in [1.54, 1.807) is 6.26 Å². The zero-order valence-electron chi connectivity index (χ0n) is 26.5. The van der Waals surface area contributed by atoms with Crippen LogP contribution in [0.4, 0.5) is 0 Å². The highest BCUT2D eigenvalue weighted by atomic mass is 16.5. The Morgan fingerprint density at radius 1 is 1.21 bits per heavy atom. The number of carbonyl (C=O) groups excluding carboxylic acids is 1. The summed E-state index contributed by atoms with van der Waals surface area (Å²) in [6, 6.07) is 0. The minimum Gasteiger partial charge on any atom is -0.461 e. The van der Waals surface area contributed by atoms with Gasteiger partial charge >= 0.3 is 5.97 Å². The minimum atomic E-state index is -0.651. The third kappa shape index (κ3) is 6.08. The summed E-state index contributed by atoms with van der Waals surface area (Å²) in [5.74, 6) is 2.23. The smallest absolute Gasteiger partial charge is 0.308 e. The fraction of sp³-hybridized carbons (Fsp3) is 0.722. The van der Waals surface area contributed by atoms with Crippen LogP contribution in [0.1, 0.15) is 116 Å². The lowest BCUT2D eigenvalue weighted by Gasteiger charge is -2.44. The van der Waals surface area contributed by atoms with Gasteiger partial charge in [-0.1, -0.05) is 52.0 Å². The Kier molecular flexibility index (Phi) is 9.25. The molecule has 0 spiro atoms. The van der Waals surface area contributed by atoms with Gasteiger partial charge in [-0.3, -0.25) is 4.79 Å². The summed E-state index contributed by atoms with van der Waals surface area (Å²) in [7, 11) is 0. The summed E-state index contributed by atoms with van der Waals surface area (Å²) < 4.78 is 12.2. The molecule has 0 aliphatic heterocycles. The highest BCUT2D eigenvalue weighted by Gasteiger charge is 2.57. The summed E-state index contributed by atoms with van der Waals surface area (Å²) in [5.41, 5.74) is 4.11. The lowest BCUT2D eigenvalue weighted by Crippen LogP contribution is -2.37. The van der Waals surface area contributed by atoms with Crippen molar-refractivity contribution in [2.24, 2.45) is 29.1 Å². The molecule has 42 heavy (non-hydrogen) atoms. The first-order valence-corrected chi connectivity index (χ1v) is 16.6. The number of nitrogens with zero attached hydrogens (tertiary/aromatic N) is 1. The molecule has 4 aliphatic rings. The molecule has 4 saturated carbocycles. The Bertz CT molecular complexity index is 1210. The number of oxazole rings is 1. The van der Waals surface area contributed by atoms with Crippen LogP contribution in [-0.4, -0.2) is 39.5 Å². The second kappa shape index (κ2) is 12.4. The van der Waals surface area contributed by atoms with Crippen molar-refractivity contribution in [2.45, 2.75) is 135 Å². The minimum absolute atomic E-state index is 0.102. The second-order valence-electron chi connectivity index (χ2n) is 14.4. The highest BCUT2D eigenvalue weighted by molar-refractivity contribution is 5.72. The number of aryl methyl sites for hydroxylation is 1. The predicted octanol–water partition coefficient (Wildman–Crippen LogP) is 7.53. The van der Waals surface area contributed by atoms with E-state index in [1.165, 1.54) is 31.3 Å². The number of aromatic nitrogens is 1. The highest BCUT2D eigenvalue weighted by Crippen LogP contribution is 2.60. The van der Waals surface area contributed by atoms with E-state index in [2.05, 4.69) is 37.6 Å². The topological polar surface area (TPSA) is 92.8 Å². The lowest BCUT2D eigenvalue weighted by molar-refractivity contribution is -0.156. The molecule has 0 amide bonds. The Balaban J connectivity index is 1.29. The number of allylic oxidation sites excluding steroid dienone is 3. The van der Waals surface area contributed by atoms with Gasteiger partial charge in [0, 0.05) is 6.42 Å². The fourth-order valence-electron chi connectivity index (χ4n) is 8.56. The van der Waals surface area contributed by atoms with Crippen molar-refractivity contribution in [3.63, 3.8) is 0 Å². The third-order valence-electron chi connectivity index (χ3n) is 11.6. The number of esters is 1. The Hall–Kier alpha value is -2.18. The van der Waals surface area contributed by atoms with Gasteiger partial charge < -0.3 is 19.4 Å². The van der Waals surface area contributed by atoms with E-state index < -0.39 is 12.2 Å². The first-order valence-electron chi connectivity index (χ1n) is 16.6. The SMILES string of the molecule is C=C1C(=CC=C2CCC[C@]3(C)[C@@H]([C@H](C)CC[C@H](OC(=O)C(C)CC)C4(c5nc(C)co5)CC4)CC[C@@H]23)C[C@@H](O)C[C@@H]1O. The van der Waals surface area contributed by atoms with Gasteiger partial charge in [-0.25, -0.2) is 4.98 Å². The van der Waals surface area contributed by atoms with Gasteiger partial charge in [-0.15, -0.1) is 0 Å². The summed E-state index contributed by atoms with van der Waals surface area (Å²) in [6.45, 7) is 15.0. The molecule has 1 unspecified atom stereocenters. The molecule has 0 radical (unpaired) electrons. The molecule has 4 aliphatic carbocycles. The molecule has 0 bridgehead atoms. The first kappa shape index (κ1) is 31.3. The number of hydrogen-bond donors (Lipinski definition) is 2. The van der Waals surface area contributed by atoms with Crippen molar-refractivity contribution >= 4 is 5.97 Å². The van der Waals surface area contributed by atoms with E-state index >= 15 is 0 Å². The average Bonchev–Trinajstić information content (AvgIpc) is 3.51. The van der Waals surface area contributed by atoms with Crippen LogP contribution < -0.4 is 0 Å². The average molecular weight is 580 g/mol. The van der Waals surface area contributed by atoms with Crippen LogP contribution in [0.5, 0.6) is 0 Å². The van der Waals surface area contributed by atoms with E-state index in [0.717, 1.165) is 61.3 Å². The van der Waals surface area contributed by atoms with Gasteiger partial charge in [-0.05, 0) is 112 Å². The Morgan fingerprint density at radius 3 is 2.64 bits per heavy atom. The van der Waals surface area contributed by atoms with Crippen molar-refractivity contribution in [1.82, 2.24) is 4.98 Å². The van der Waals surface area contributed by atoms with E-state index in [-0.39, 0.29) is 28.8 Å². The summed E-state index contributed by atoms with van der Waals surface area (Å²) in [4.78, 5) is 17.7. The molecule has 4 fully saturated rings. The molecule has 1 aromatic rings. The van der Waals surface area contributed by atoms with Gasteiger partial charge in [0.05, 0.1) is 29.2 Å². The molecule has 1 aromatic heterocycles. The number of hydrogen-bond acceptors (Lipinski definition) is 6. The van der Waals surface area contributed by atoms with Crippen LogP contribution >= 0.6 is 0 Å². The third-order valence-corrected chi connectivity index (χ3v) is 11.6. The van der Waals surface area contributed by atoms with Gasteiger partial charge in [0.25, 0.3) is 0 Å². The molecule has 2 N–H and O–H groups in total. The number of fused-ring (bicyclic) bond motifs is 1. The molecular weight excluding hydrogens is 526 g/mol. The van der Waals surface area contributed by atoms with Crippen molar-refractivity contribution in [2.75, 3.05) is 0 Å². The molecule has 0 saturated heterocycles. The number of carbonyl (C=O) groups is 1. The molecule has 0 aromatic carbocycles. The lowest BCUT2D eigenvalue weighted by atomic mass is 9.60. The van der Waals surface area contributed by atoms with Gasteiger partial charge in [0.1, 0.15) is 12.4 Å². The van der Waals surface area contributed by atoms with Crippen molar-refractivity contribution < 1.29 is 24.2 Å². The predicted molar refractivity (Wildman–Crippen MR) is 165 cm³/mol. The van der Waals surface area contributed by atoms with E-state index in [1.807, 2.05) is 20.8 Å². The van der Waals surface area contributed by atoms with Crippen molar-refractivity contribution in [3.05, 3.63) is 53.3 Å². The van der Waals surface area contributed by atoms with Crippen molar-refractivity contribution in [1.29, 1.82) is 0 Å². The van der Waals surface area contributed by atoms with E-state index in [0.29, 0.717) is 30.6 Å². The zero-order chi connectivity index (χ0) is 30.2. The van der Waals surface area contributed by atoms with E-state index in [4.69, 9.17) is 9.15 Å². The second-order valence-corrected chi connectivity index (χ2v) is 14.4. The number of aliphatic hydroxyl groups is 2. The standard InChI is InChI=1S/C36H53NO5/c1-7-22(2)33(40)42-32(36(17-18-36)34-37-24(4)21-41-34)15-10-23(3)29-13-14-30-26(9-8-16-35(29,30)6)11-12-27-19-28(38)20-31(39)25(27)5/h11-12,21-23,28-32,38-39H,5,7-10,13-20H2,1-4,6H3/t22?,23-,28-,29-,30+,31+,32+,35-/m1/s1. The Labute approximate surface area is 252 Å². The summed E-state index contributed by atoms with van der Waals surface area (Å²) >= 11 is 0. The Morgan fingerprint density at radius 2 is 1.98 bits per heavy atom. The first-order chi connectivity index (χ1) is 20.0. The molecule has 8 atom stereocenters. The fourth-order valence-corrected chi connectivity index (χ4v) is 8.56. The molecular formula is C36H53NO5. The monoisotopic (exact) mass is 579 g/mol. The van der Waals surface area contributed by atoms with Crippen LogP contribution in [0.15, 0.2) is 46.1 Å². The van der Waals surface area contributed by atoms with Crippen LogP contribution in [0.2, 0.25) is 0 Å². The molecule has 232 valence electrons. The largest absolute Gasteiger partial charge is 0.461 e.